The molecule has 0 amide bonds. The van der Waals surface area contributed by atoms with Crippen LogP contribution in [0.15, 0.2) is 24.4 Å². The van der Waals surface area contributed by atoms with Gasteiger partial charge < -0.3 is 10.5 Å². The van der Waals surface area contributed by atoms with Crippen molar-refractivity contribution in [3.05, 3.63) is 45.4 Å². The lowest BCUT2D eigenvalue weighted by Crippen LogP contribution is -2.08. The first kappa shape index (κ1) is 12.6. The highest BCUT2D eigenvalue weighted by atomic mass is 32.1. The van der Waals surface area contributed by atoms with E-state index in [9.17, 15) is 0 Å². The van der Waals surface area contributed by atoms with Gasteiger partial charge in [-0.2, -0.15) is 0 Å². The number of thiazole rings is 1. The highest BCUT2D eigenvalue weighted by molar-refractivity contribution is 7.13. The molecule has 18 heavy (non-hydrogen) atoms. The molecule has 0 spiro atoms. The van der Waals surface area contributed by atoms with Crippen LogP contribution in [-0.4, -0.2) is 10.8 Å². The largest absolute Gasteiger partial charge is 0.486 e. The molecule has 0 unspecified atom stereocenters. The molecule has 1 aromatic heterocycles. The van der Waals surface area contributed by atoms with Gasteiger partial charge in [0.05, 0.1) is 4.88 Å². The lowest BCUT2D eigenvalue weighted by Gasteiger charge is -2.10. The van der Waals surface area contributed by atoms with Crippen LogP contribution in [0.3, 0.4) is 0 Å². The lowest BCUT2D eigenvalue weighted by molar-refractivity contribution is 0.301. The highest BCUT2D eigenvalue weighted by Gasteiger charge is 2.07. The summed E-state index contributed by atoms with van der Waals surface area (Å²) >= 11 is 1.39. The number of hydrogen-bond donors (Lipinski definition) is 2. The van der Waals surface area contributed by atoms with E-state index in [0.717, 1.165) is 21.9 Å². The molecule has 0 bridgehead atoms. The van der Waals surface area contributed by atoms with Crippen LogP contribution in [0.2, 0.25) is 0 Å². The van der Waals surface area contributed by atoms with Crippen LogP contribution in [0.25, 0.3) is 0 Å². The van der Waals surface area contributed by atoms with Gasteiger partial charge in [-0.3, -0.25) is 5.41 Å². The van der Waals surface area contributed by atoms with Gasteiger partial charge in [0.15, 0.2) is 0 Å². The van der Waals surface area contributed by atoms with Gasteiger partial charge in [-0.1, -0.05) is 18.2 Å². The Hall–Kier alpha value is -1.88. The quantitative estimate of drug-likeness (QED) is 0.656. The van der Waals surface area contributed by atoms with E-state index in [1.807, 2.05) is 32.0 Å². The van der Waals surface area contributed by atoms with Crippen molar-refractivity contribution in [3.63, 3.8) is 0 Å². The van der Waals surface area contributed by atoms with Crippen LogP contribution in [0.5, 0.6) is 5.75 Å². The van der Waals surface area contributed by atoms with Crippen molar-refractivity contribution < 1.29 is 4.74 Å². The fourth-order valence-corrected chi connectivity index (χ4v) is 2.35. The van der Waals surface area contributed by atoms with Crippen LogP contribution in [0.1, 0.15) is 21.0 Å². The molecule has 94 valence electrons. The van der Waals surface area contributed by atoms with Gasteiger partial charge in [-0.15, -0.1) is 11.3 Å². The predicted molar refractivity (Wildman–Crippen MR) is 73.4 cm³/mol. The Balaban J connectivity index is 2.09. The van der Waals surface area contributed by atoms with Crippen molar-refractivity contribution >= 4 is 17.2 Å². The zero-order valence-corrected chi connectivity index (χ0v) is 11.2. The number of aryl methyl sites for hydroxylation is 2. The number of ether oxygens (including phenoxy) is 1. The van der Waals surface area contributed by atoms with E-state index in [1.165, 1.54) is 11.3 Å². The first-order chi connectivity index (χ1) is 8.58. The Labute approximate surface area is 110 Å². The number of nitrogen functional groups attached to an aromatic ring is 1. The summed E-state index contributed by atoms with van der Waals surface area (Å²) in [6.07, 6.45) is 1.61. The average molecular weight is 261 g/mol. The molecule has 5 heteroatoms. The number of nitrogens with two attached hydrogens (primary N) is 1. The van der Waals surface area contributed by atoms with Gasteiger partial charge in [-0.05, 0) is 25.0 Å². The zero-order chi connectivity index (χ0) is 13.1. The predicted octanol–water partition coefficient (Wildman–Crippen LogP) is 2.62. The standard InChI is InChI=1S/C13H15N3OS/c1-8-4-3-5-9(2)12(8)17-7-11-16-6-10(18-11)13(14)15/h3-6H,7H2,1-2H3,(H3,14,15). The second-order valence-electron chi connectivity index (χ2n) is 4.04. The van der Waals surface area contributed by atoms with Gasteiger partial charge in [0.1, 0.15) is 23.2 Å². The van der Waals surface area contributed by atoms with E-state index in [-0.39, 0.29) is 5.84 Å². The third-order valence-electron chi connectivity index (χ3n) is 2.57. The summed E-state index contributed by atoms with van der Waals surface area (Å²) in [6, 6.07) is 6.05. The molecule has 0 aliphatic heterocycles. The molecule has 3 N–H and O–H groups in total. The minimum absolute atomic E-state index is 0.0471. The van der Waals surface area contributed by atoms with Crippen molar-refractivity contribution in [3.8, 4) is 5.75 Å². The van der Waals surface area contributed by atoms with Crippen LogP contribution in [0, 0.1) is 19.3 Å². The van der Waals surface area contributed by atoms with E-state index in [2.05, 4.69) is 4.98 Å². The minimum Gasteiger partial charge on any atom is -0.486 e. The number of amidine groups is 1. The number of hydrogen-bond acceptors (Lipinski definition) is 4. The summed E-state index contributed by atoms with van der Waals surface area (Å²) in [4.78, 5) is 4.86. The molecule has 0 aliphatic carbocycles. The van der Waals surface area contributed by atoms with Gasteiger partial charge in [0, 0.05) is 6.20 Å². The third-order valence-corrected chi connectivity index (χ3v) is 3.57. The lowest BCUT2D eigenvalue weighted by atomic mass is 10.1. The average Bonchev–Trinajstić information content (AvgIpc) is 2.77. The summed E-state index contributed by atoms with van der Waals surface area (Å²) in [6.45, 7) is 4.44. The highest BCUT2D eigenvalue weighted by Crippen LogP contribution is 2.24. The normalized spacial score (nSPS) is 10.3. The topological polar surface area (TPSA) is 72.0 Å². The molecule has 0 saturated heterocycles. The molecule has 2 rings (SSSR count). The maximum atomic E-state index is 7.32. The number of nitrogens with one attached hydrogen (secondary N) is 1. The van der Waals surface area contributed by atoms with Crippen molar-refractivity contribution in [1.82, 2.24) is 4.98 Å². The fourth-order valence-electron chi connectivity index (χ4n) is 1.66. The number of rotatable bonds is 4. The van der Waals surface area contributed by atoms with Crippen molar-refractivity contribution in [2.24, 2.45) is 5.73 Å². The van der Waals surface area contributed by atoms with Crippen LogP contribution in [0.4, 0.5) is 0 Å². The molecule has 2 aromatic rings. The van der Waals surface area contributed by atoms with E-state index in [4.69, 9.17) is 15.9 Å². The van der Waals surface area contributed by atoms with Crippen LogP contribution < -0.4 is 10.5 Å². The fraction of sp³-hybridized carbons (Fsp3) is 0.231. The first-order valence-electron chi connectivity index (χ1n) is 5.56. The van der Waals surface area contributed by atoms with Crippen molar-refractivity contribution in [2.45, 2.75) is 20.5 Å². The smallest absolute Gasteiger partial charge is 0.140 e. The van der Waals surface area contributed by atoms with Gasteiger partial charge in [0.2, 0.25) is 0 Å². The van der Waals surface area contributed by atoms with E-state index in [0.29, 0.717) is 11.5 Å². The Morgan fingerprint density at radius 2 is 2.06 bits per heavy atom. The molecule has 0 saturated carbocycles. The second-order valence-corrected chi connectivity index (χ2v) is 5.16. The Morgan fingerprint density at radius 1 is 1.39 bits per heavy atom. The summed E-state index contributed by atoms with van der Waals surface area (Å²) in [7, 11) is 0. The number of benzene rings is 1. The first-order valence-corrected chi connectivity index (χ1v) is 6.37. The van der Waals surface area contributed by atoms with Crippen LogP contribution >= 0.6 is 11.3 Å². The molecule has 0 fully saturated rings. The second kappa shape index (κ2) is 5.18. The SMILES string of the molecule is Cc1cccc(C)c1OCc1ncc(C(=N)N)s1. The number of nitrogens with zero attached hydrogens (tertiary/aromatic N) is 1. The minimum atomic E-state index is 0.0471. The molecular formula is C13H15N3OS. The van der Waals surface area contributed by atoms with E-state index in [1.54, 1.807) is 6.20 Å². The van der Waals surface area contributed by atoms with Gasteiger partial charge in [-0.25, -0.2) is 4.98 Å². The summed E-state index contributed by atoms with van der Waals surface area (Å²) in [5, 5.41) is 8.14. The van der Waals surface area contributed by atoms with Gasteiger partial charge >= 0.3 is 0 Å². The van der Waals surface area contributed by atoms with Crippen LogP contribution in [-0.2, 0) is 6.61 Å². The maximum absolute atomic E-state index is 7.32. The maximum Gasteiger partial charge on any atom is 0.140 e. The Bertz CT molecular complexity index is 557. The van der Waals surface area contributed by atoms with E-state index >= 15 is 0 Å². The Morgan fingerprint density at radius 3 is 2.61 bits per heavy atom. The summed E-state index contributed by atoms with van der Waals surface area (Å²) in [5.41, 5.74) is 7.61. The molecule has 0 radical (unpaired) electrons. The van der Waals surface area contributed by atoms with Gasteiger partial charge in [0.25, 0.3) is 0 Å². The number of aromatic nitrogens is 1. The van der Waals surface area contributed by atoms with Crippen molar-refractivity contribution in [2.75, 3.05) is 0 Å². The Kier molecular flexibility index (Phi) is 3.62. The molecule has 1 aromatic carbocycles. The van der Waals surface area contributed by atoms with E-state index < -0.39 is 0 Å². The third kappa shape index (κ3) is 2.68. The monoisotopic (exact) mass is 261 g/mol. The zero-order valence-electron chi connectivity index (χ0n) is 10.4. The number of para-hydroxylation sites is 1. The van der Waals surface area contributed by atoms with Crippen molar-refractivity contribution in [1.29, 1.82) is 5.41 Å². The summed E-state index contributed by atoms with van der Waals surface area (Å²) < 4.78 is 5.78. The molecule has 1 heterocycles. The molecule has 4 nitrogen and oxygen atoms in total. The molecule has 0 aliphatic rings. The molecule has 0 atom stereocenters. The summed E-state index contributed by atoms with van der Waals surface area (Å²) in [5.74, 6) is 0.947. The molecular weight excluding hydrogens is 246 g/mol.